The van der Waals surface area contributed by atoms with E-state index in [1.165, 1.54) is 0 Å². The van der Waals surface area contributed by atoms with Crippen molar-refractivity contribution in [3.63, 3.8) is 0 Å². The second kappa shape index (κ2) is 6.48. The quantitative estimate of drug-likeness (QED) is 0.558. The molecule has 0 saturated carbocycles. The fourth-order valence-corrected chi connectivity index (χ4v) is 3.08. The van der Waals surface area contributed by atoms with E-state index < -0.39 is 0 Å². The molecule has 0 atom stereocenters. The van der Waals surface area contributed by atoms with Gasteiger partial charge in [-0.15, -0.1) is 0 Å². The summed E-state index contributed by atoms with van der Waals surface area (Å²) in [5.41, 5.74) is 3.58. The first-order valence-electron chi connectivity index (χ1n) is 8.38. The molecule has 0 aliphatic heterocycles. The Morgan fingerprint density at radius 1 is 0.846 bits per heavy atom. The van der Waals surface area contributed by atoms with Crippen LogP contribution in [0.2, 0.25) is 0 Å². The van der Waals surface area contributed by atoms with Crippen LogP contribution in [0, 0.1) is 0 Å². The highest BCUT2D eigenvalue weighted by molar-refractivity contribution is 5.85. The van der Waals surface area contributed by atoms with Crippen molar-refractivity contribution in [2.75, 3.05) is 7.11 Å². The summed E-state index contributed by atoms with van der Waals surface area (Å²) in [6.07, 6.45) is 0. The molecule has 0 spiro atoms. The first kappa shape index (κ1) is 16.1. The molecule has 0 radical (unpaired) electrons. The van der Waals surface area contributed by atoms with Gasteiger partial charge < -0.3 is 4.74 Å². The number of nitrogens with zero attached hydrogens (tertiary/aromatic N) is 2. The number of aromatic nitrogens is 2. The lowest BCUT2D eigenvalue weighted by molar-refractivity contribution is 0.415. The Morgan fingerprint density at radius 3 is 2.23 bits per heavy atom. The van der Waals surface area contributed by atoms with Gasteiger partial charge in [0.05, 0.1) is 18.0 Å². The van der Waals surface area contributed by atoms with Gasteiger partial charge in [0.25, 0.3) is 5.56 Å². The van der Waals surface area contributed by atoms with E-state index in [1.54, 1.807) is 18.7 Å². The molecule has 128 valence electrons. The van der Waals surface area contributed by atoms with Gasteiger partial charge in [-0.2, -0.15) is 0 Å². The highest BCUT2D eigenvalue weighted by Gasteiger charge is 2.11. The van der Waals surface area contributed by atoms with Crippen LogP contribution in [-0.2, 0) is 7.05 Å². The van der Waals surface area contributed by atoms with Crippen LogP contribution in [0.15, 0.2) is 77.6 Å². The molecule has 0 fully saturated rings. The minimum absolute atomic E-state index is 0.0517. The van der Waals surface area contributed by atoms with Crippen molar-refractivity contribution >= 4 is 10.9 Å². The van der Waals surface area contributed by atoms with Crippen molar-refractivity contribution in [3.05, 3.63) is 83.2 Å². The molecule has 0 amide bonds. The van der Waals surface area contributed by atoms with Gasteiger partial charge in [-0.3, -0.25) is 9.36 Å². The van der Waals surface area contributed by atoms with E-state index in [0.29, 0.717) is 16.7 Å². The minimum Gasteiger partial charge on any atom is -0.497 e. The van der Waals surface area contributed by atoms with Gasteiger partial charge in [-0.05, 0) is 35.4 Å². The zero-order valence-electron chi connectivity index (χ0n) is 14.6. The van der Waals surface area contributed by atoms with Gasteiger partial charge in [0, 0.05) is 12.6 Å². The minimum atomic E-state index is -0.0517. The normalized spacial score (nSPS) is 10.8. The molecular weight excluding hydrogens is 324 g/mol. The predicted molar refractivity (Wildman–Crippen MR) is 104 cm³/mol. The molecule has 0 bridgehead atoms. The number of hydrogen-bond acceptors (Lipinski definition) is 3. The molecule has 4 nitrogen and oxygen atoms in total. The SMILES string of the molecule is COc1ccc(-c2ccc3nc(-c4ccccc4)n(C)c(=O)c3c2)cc1. The van der Waals surface area contributed by atoms with Crippen LogP contribution >= 0.6 is 0 Å². The molecule has 1 aromatic heterocycles. The maximum Gasteiger partial charge on any atom is 0.261 e. The third-order valence-corrected chi connectivity index (χ3v) is 4.53. The second-order valence-electron chi connectivity index (χ2n) is 6.13. The van der Waals surface area contributed by atoms with Crippen LogP contribution < -0.4 is 10.3 Å². The second-order valence-corrected chi connectivity index (χ2v) is 6.13. The van der Waals surface area contributed by atoms with Crippen molar-refractivity contribution in [3.8, 4) is 28.3 Å². The Kier molecular flexibility index (Phi) is 4.01. The van der Waals surface area contributed by atoms with E-state index in [1.807, 2.05) is 72.8 Å². The fourth-order valence-electron chi connectivity index (χ4n) is 3.08. The van der Waals surface area contributed by atoms with Gasteiger partial charge in [0.15, 0.2) is 0 Å². The van der Waals surface area contributed by atoms with Crippen LogP contribution in [-0.4, -0.2) is 16.7 Å². The molecular formula is C22H18N2O2. The lowest BCUT2D eigenvalue weighted by Crippen LogP contribution is -2.20. The number of ether oxygens (including phenoxy) is 1. The summed E-state index contributed by atoms with van der Waals surface area (Å²) in [5, 5.41) is 0.612. The molecule has 0 aliphatic carbocycles. The van der Waals surface area contributed by atoms with Crippen LogP contribution in [0.1, 0.15) is 0 Å². The third kappa shape index (κ3) is 2.75. The van der Waals surface area contributed by atoms with Gasteiger partial charge in [0.1, 0.15) is 11.6 Å². The number of methoxy groups -OCH3 is 1. The lowest BCUT2D eigenvalue weighted by atomic mass is 10.0. The molecule has 4 aromatic rings. The summed E-state index contributed by atoms with van der Waals surface area (Å²) >= 11 is 0. The highest BCUT2D eigenvalue weighted by atomic mass is 16.5. The van der Waals surface area contributed by atoms with E-state index in [2.05, 4.69) is 0 Å². The summed E-state index contributed by atoms with van der Waals surface area (Å²) in [4.78, 5) is 17.6. The zero-order chi connectivity index (χ0) is 18.1. The monoisotopic (exact) mass is 342 g/mol. The summed E-state index contributed by atoms with van der Waals surface area (Å²) in [6.45, 7) is 0. The Bertz CT molecular complexity index is 1130. The average Bonchev–Trinajstić information content (AvgIpc) is 2.71. The predicted octanol–water partition coefficient (Wildman–Crippen LogP) is 4.28. The highest BCUT2D eigenvalue weighted by Crippen LogP contribution is 2.25. The zero-order valence-corrected chi connectivity index (χ0v) is 14.6. The van der Waals surface area contributed by atoms with E-state index in [0.717, 1.165) is 22.4 Å². The number of benzene rings is 3. The standard InChI is InChI=1S/C22H18N2O2/c1-24-21(16-6-4-3-5-7-16)23-20-13-10-17(14-19(20)22(24)25)15-8-11-18(26-2)12-9-15/h3-14H,1-2H3. The van der Waals surface area contributed by atoms with E-state index in [-0.39, 0.29) is 5.56 Å². The largest absolute Gasteiger partial charge is 0.497 e. The summed E-state index contributed by atoms with van der Waals surface area (Å²) in [7, 11) is 3.40. The molecule has 0 saturated heterocycles. The van der Waals surface area contributed by atoms with Crippen LogP contribution in [0.25, 0.3) is 33.4 Å². The maximum atomic E-state index is 12.9. The Labute approximate surface area is 151 Å². The van der Waals surface area contributed by atoms with Crippen LogP contribution in [0.4, 0.5) is 0 Å². The Balaban J connectivity index is 1.87. The van der Waals surface area contributed by atoms with Crippen molar-refractivity contribution in [1.82, 2.24) is 9.55 Å². The molecule has 1 heterocycles. The van der Waals surface area contributed by atoms with Gasteiger partial charge in [-0.25, -0.2) is 4.98 Å². The van der Waals surface area contributed by atoms with Crippen molar-refractivity contribution in [2.45, 2.75) is 0 Å². The molecule has 4 heteroatoms. The third-order valence-electron chi connectivity index (χ3n) is 4.53. The summed E-state index contributed by atoms with van der Waals surface area (Å²) in [5.74, 6) is 1.47. The smallest absolute Gasteiger partial charge is 0.261 e. The summed E-state index contributed by atoms with van der Waals surface area (Å²) < 4.78 is 6.81. The molecule has 26 heavy (non-hydrogen) atoms. The van der Waals surface area contributed by atoms with E-state index in [9.17, 15) is 4.79 Å². The van der Waals surface area contributed by atoms with Gasteiger partial charge >= 0.3 is 0 Å². The molecule has 3 aromatic carbocycles. The molecule has 0 N–H and O–H groups in total. The molecule has 0 aliphatic rings. The number of fused-ring (bicyclic) bond motifs is 1. The first-order valence-corrected chi connectivity index (χ1v) is 8.38. The first-order chi connectivity index (χ1) is 12.7. The topological polar surface area (TPSA) is 44.1 Å². The van der Waals surface area contributed by atoms with E-state index >= 15 is 0 Å². The van der Waals surface area contributed by atoms with Crippen LogP contribution in [0.3, 0.4) is 0 Å². The summed E-state index contributed by atoms with van der Waals surface area (Å²) in [6, 6.07) is 23.3. The van der Waals surface area contributed by atoms with E-state index in [4.69, 9.17) is 9.72 Å². The Hall–Kier alpha value is -3.40. The van der Waals surface area contributed by atoms with Crippen molar-refractivity contribution in [2.24, 2.45) is 7.05 Å². The van der Waals surface area contributed by atoms with Gasteiger partial charge in [-0.1, -0.05) is 48.5 Å². The van der Waals surface area contributed by atoms with Crippen molar-refractivity contribution < 1.29 is 4.74 Å². The van der Waals surface area contributed by atoms with Gasteiger partial charge in [0.2, 0.25) is 0 Å². The maximum absolute atomic E-state index is 12.9. The van der Waals surface area contributed by atoms with Crippen molar-refractivity contribution in [1.29, 1.82) is 0 Å². The lowest BCUT2D eigenvalue weighted by Gasteiger charge is -2.10. The average molecular weight is 342 g/mol. The fraction of sp³-hybridized carbons (Fsp3) is 0.0909. The Morgan fingerprint density at radius 2 is 1.54 bits per heavy atom. The van der Waals surface area contributed by atoms with Crippen LogP contribution in [0.5, 0.6) is 5.75 Å². The molecule has 0 unspecified atom stereocenters. The number of hydrogen-bond donors (Lipinski definition) is 0. The molecule has 4 rings (SSSR count). The number of rotatable bonds is 3.